The van der Waals surface area contributed by atoms with Gasteiger partial charge in [-0.3, -0.25) is 4.79 Å². The van der Waals surface area contributed by atoms with Crippen LogP contribution in [0, 0.1) is 19.7 Å². The molecule has 2 aromatic carbocycles. The average molecular weight is 435 g/mol. The van der Waals surface area contributed by atoms with Gasteiger partial charge in [-0.2, -0.15) is 0 Å². The first kappa shape index (κ1) is 20.8. The van der Waals surface area contributed by atoms with Crippen molar-refractivity contribution in [2.45, 2.75) is 26.8 Å². The molecular formula is C24H23FN4OS. The highest BCUT2D eigenvalue weighted by Crippen LogP contribution is 2.30. The van der Waals surface area contributed by atoms with E-state index in [1.807, 2.05) is 48.1 Å². The van der Waals surface area contributed by atoms with Crippen LogP contribution in [-0.2, 0) is 13.0 Å². The summed E-state index contributed by atoms with van der Waals surface area (Å²) in [6.45, 7) is 4.55. The molecule has 0 fully saturated rings. The summed E-state index contributed by atoms with van der Waals surface area (Å²) in [4.78, 5) is 16.7. The summed E-state index contributed by atoms with van der Waals surface area (Å²) in [6, 6.07) is 16.4. The maximum atomic E-state index is 13.2. The van der Waals surface area contributed by atoms with E-state index in [1.54, 1.807) is 18.2 Å². The van der Waals surface area contributed by atoms with Crippen LogP contribution in [0.5, 0.6) is 0 Å². The third-order valence-corrected chi connectivity index (χ3v) is 6.00. The van der Waals surface area contributed by atoms with Crippen molar-refractivity contribution in [1.82, 2.24) is 9.55 Å². The summed E-state index contributed by atoms with van der Waals surface area (Å²) in [6.07, 6.45) is 0.694. The Morgan fingerprint density at radius 3 is 2.52 bits per heavy atom. The lowest BCUT2D eigenvalue weighted by atomic mass is 10.1. The van der Waals surface area contributed by atoms with Crippen LogP contribution in [0.25, 0.3) is 11.4 Å². The van der Waals surface area contributed by atoms with Gasteiger partial charge in [-0.1, -0.05) is 29.8 Å². The van der Waals surface area contributed by atoms with Crippen molar-refractivity contribution < 1.29 is 9.18 Å². The summed E-state index contributed by atoms with van der Waals surface area (Å²) in [5, 5.41) is 6.05. The van der Waals surface area contributed by atoms with Crippen molar-refractivity contribution in [2.75, 3.05) is 5.32 Å². The largest absolute Gasteiger partial charge is 0.366 e. The van der Waals surface area contributed by atoms with Crippen LogP contribution < -0.4 is 11.1 Å². The van der Waals surface area contributed by atoms with Gasteiger partial charge in [-0.15, -0.1) is 11.3 Å². The second-order valence-electron chi connectivity index (χ2n) is 7.45. The first-order valence-corrected chi connectivity index (χ1v) is 10.8. The molecule has 31 heavy (non-hydrogen) atoms. The molecule has 0 unspecified atom stereocenters. The number of anilines is 2. The zero-order valence-electron chi connectivity index (χ0n) is 17.4. The SMILES string of the molecule is Cc1ccc(Nc2nc(-c3cc(C(N)=O)c(C)n3CCc3ccc(F)cc3)cs2)cc1. The summed E-state index contributed by atoms with van der Waals surface area (Å²) in [5.74, 6) is -0.721. The Kier molecular flexibility index (Phi) is 5.86. The molecule has 0 saturated carbocycles. The van der Waals surface area contributed by atoms with Gasteiger partial charge in [-0.25, -0.2) is 9.37 Å². The number of halogens is 1. The number of hydrogen-bond acceptors (Lipinski definition) is 4. The number of rotatable bonds is 7. The molecule has 158 valence electrons. The van der Waals surface area contributed by atoms with E-state index in [-0.39, 0.29) is 5.82 Å². The molecule has 3 N–H and O–H groups in total. The standard InChI is InChI=1S/C24H23FN4OS/c1-15-3-9-19(10-4-15)27-24-28-21(14-31-24)22-13-20(23(26)30)16(2)29(22)12-11-17-5-7-18(25)8-6-17/h3-10,13-14H,11-12H2,1-2H3,(H2,26,30)(H,27,28). The third-order valence-electron chi connectivity index (χ3n) is 5.24. The van der Waals surface area contributed by atoms with Gasteiger partial charge >= 0.3 is 0 Å². The predicted octanol–water partition coefficient (Wildman–Crippen LogP) is 5.45. The molecule has 2 aromatic heterocycles. The molecule has 7 heteroatoms. The van der Waals surface area contributed by atoms with Crippen LogP contribution in [0.2, 0.25) is 0 Å². The van der Waals surface area contributed by atoms with Gasteiger partial charge in [0.1, 0.15) is 5.82 Å². The van der Waals surface area contributed by atoms with E-state index in [0.29, 0.717) is 18.5 Å². The van der Waals surface area contributed by atoms with E-state index in [2.05, 4.69) is 5.32 Å². The number of benzene rings is 2. The smallest absolute Gasteiger partial charge is 0.250 e. The minimum absolute atomic E-state index is 0.256. The Morgan fingerprint density at radius 1 is 1.13 bits per heavy atom. The van der Waals surface area contributed by atoms with E-state index >= 15 is 0 Å². The van der Waals surface area contributed by atoms with Crippen molar-refractivity contribution in [2.24, 2.45) is 5.73 Å². The minimum atomic E-state index is -0.465. The molecule has 0 aliphatic carbocycles. The molecule has 0 aliphatic rings. The maximum Gasteiger partial charge on any atom is 0.250 e. The molecule has 0 radical (unpaired) electrons. The second kappa shape index (κ2) is 8.73. The summed E-state index contributed by atoms with van der Waals surface area (Å²) >= 11 is 1.50. The lowest BCUT2D eigenvalue weighted by Crippen LogP contribution is -2.13. The zero-order chi connectivity index (χ0) is 22.0. The number of primary amides is 1. The highest BCUT2D eigenvalue weighted by molar-refractivity contribution is 7.14. The fourth-order valence-corrected chi connectivity index (χ4v) is 4.22. The Morgan fingerprint density at radius 2 is 1.84 bits per heavy atom. The molecule has 0 saturated heterocycles. The first-order chi connectivity index (χ1) is 14.9. The number of thiazole rings is 1. The van der Waals surface area contributed by atoms with Crippen LogP contribution in [0.4, 0.5) is 15.2 Å². The molecule has 0 bridgehead atoms. The lowest BCUT2D eigenvalue weighted by Gasteiger charge is -2.11. The molecule has 1 amide bonds. The number of aryl methyl sites for hydroxylation is 2. The quantitative estimate of drug-likeness (QED) is 0.406. The van der Waals surface area contributed by atoms with Crippen LogP contribution in [0.3, 0.4) is 0 Å². The molecule has 0 atom stereocenters. The molecule has 4 aromatic rings. The van der Waals surface area contributed by atoms with Crippen LogP contribution in [0.15, 0.2) is 60.0 Å². The fraction of sp³-hybridized carbons (Fsp3) is 0.167. The number of carbonyl (C=O) groups is 1. The second-order valence-corrected chi connectivity index (χ2v) is 8.31. The number of amides is 1. The number of nitrogens with one attached hydrogen (secondary N) is 1. The average Bonchev–Trinajstić information content (AvgIpc) is 3.33. The van der Waals surface area contributed by atoms with E-state index in [4.69, 9.17) is 10.7 Å². The van der Waals surface area contributed by atoms with Crippen LogP contribution in [-0.4, -0.2) is 15.5 Å². The van der Waals surface area contributed by atoms with Gasteiger partial charge in [0.05, 0.1) is 17.0 Å². The van der Waals surface area contributed by atoms with Crippen molar-refractivity contribution in [1.29, 1.82) is 0 Å². The zero-order valence-corrected chi connectivity index (χ0v) is 18.2. The van der Waals surface area contributed by atoms with E-state index in [1.165, 1.54) is 29.0 Å². The third kappa shape index (κ3) is 4.67. The minimum Gasteiger partial charge on any atom is -0.366 e. The summed E-state index contributed by atoms with van der Waals surface area (Å²) < 4.78 is 15.3. The Bertz CT molecular complexity index is 1210. The summed E-state index contributed by atoms with van der Waals surface area (Å²) in [5.41, 5.74) is 11.7. The van der Waals surface area contributed by atoms with Crippen molar-refractivity contribution in [3.05, 3.63) is 88.2 Å². The lowest BCUT2D eigenvalue weighted by molar-refractivity contribution is 0.0999. The topological polar surface area (TPSA) is 72.9 Å². The Labute approximate surface area is 184 Å². The van der Waals surface area contributed by atoms with Gasteiger partial charge in [0, 0.05) is 23.3 Å². The van der Waals surface area contributed by atoms with Crippen LogP contribution in [0.1, 0.15) is 27.2 Å². The molecule has 0 aliphatic heterocycles. The van der Waals surface area contributed by atoms with E-state index < -0.39 is 5.91 Å². The Hall–Kier alpha value is -3.45. The number of carbonyl (C=O) groups excluding carboxylic acids is 1. The molecule has 0 spiro atoms. The molecule has 2 heterocycles. The highest BCUT2D eigenvalue weighted by atomic mass is 32.1. The predicted molar refractivity (Wildman–Crippen MR) is 123 cm³/mol. The number of nitrogens with zero attached hydrogens (tertiary/aromatic N) is 2. The van der Waals surface area contributed by atoms with E-state index in [9.17, 15) is 9.18 Å². The molecule has 5 nitrogen and oxygen atoms in total. The van der Waals surface area contributed by atoms with Gasteiger partial charge < -0.3 is 15.6 Å². The number of nitrogens with two attached hydrogens (primary N) is 1. The van der Waals surface area contributed by atoms with Crippen LogP contribution >= 0.6 is 11.3 Å². The van der Waals surface area contributed by atoms with Crippen molar-refractivity contribution in [3.63, 3.8) is 0 Å². The highest BCUT2D eigenvalue weighted by Gasteiger charge is 2.18. The van der Waals surface area contributed by atoms with E-state index in [0.717, 1.165) is 33.5 Å². The molecular weight excluding hydrogens is 411 g/mol. The van der Waals surface area contributed by atoms with Crippen molar-refractivity contribution >= 4 is 28.1 Å². The van der Waals surface area contributed by atoms with Gasteiger partial charge in [-0.05, 0) is 56.2 Å². The van der Waals surface area contributed by atoms with Crippen molar-refractivity contribution in [3.8, 4) is 11.4 Å². The normalized spacial score (nSPS) is 10.9. The van der Waals surface area contributed by atoms with Gasteiger partial charge in [0.2, 0.25) is 0 Å². The van der Waals surface area contributed by atoms with Gasteiger partial charge in [0.25, 0.3) is 5.91 Å². The number of aromatic nitrogens is 2. The van der Waals surface area contributed by atoms with Gasteiger partial charge in [0.15, 0.2) is 5.13 Å². The summed E-state index contributed by atoms with van der Waals surface area (Å²) in [7, 11) is 0. The first-order valence-electron chi connectivity index (χ1n) is 9.94. The monoisotopic (exact) mass is 434 g/mol. The maximum absolute atomic E-state index is 13.2. The number of hydrogen-bond donors (Lipinski definition) is 2. The molecule has 4 rings (SSSR count). The fourth-order valence-electron chi connectivity index (χ4n) is 3.50. The Balaban J connectivity index is 1.61.